The minimum atomic E-state index is -0.415. The first-order valence-electron chi connectivity index (χ1n) is 9.99. The number of anilines is 1. The van der Waals surface area contributed by atoms with Crippen LogP contribution >= 0.6 is 15.9 Å². The fraction of sp³-hybridized carbons (Fsp3) is 0.125. The van der Waals surface area contributed by atoms with Crippen LogP contribution in [0.1, 0.15) is 17.5 Å². The summed E-state index contributed by atoms with van der Waals surface area (Å²) in [6.07, 6.45) is 0. The molecule has 7 nitrogen and oxygen atoms in total. The number of benzene rings is 3. The molecule has 0 fully saturated rings. The average molecular weight is 493 g/mol. The largest absolute Gasteiger partial charge is 0.497 e. The lowest BCUT2D eigenvalue weighted by Crippen LogP contribution is -2.14. The molecule has 3 aromatic carbocycles. The van der Waals surface area contributed by atoms with E-state index >= 15 is 0 Å². The molecule has 0 unspecified atom stereocenters. The Morgan fingerprint density at radius 1 is 1.03 bits per heavy atom. The molecule has 1 amide bonds. The molecule has 0 saturated heterocycles. The van der Waals surface area contributed by atoms with E-state index in [1.807, 2.05) is 55.5 Å². The van der Waals surface area contributed by atoms with Gasteiger partial charge in [0.05, 0.1) is 19.4 Å². The number of hydrogen-bond acceptors (Lipinski definition) is 5. The molecular formula is C24H21BrN4O3. The number of ether oxygens (including phenoxy) is 2. The molecule has 4 aromatic rings. The third-order valence-corrected chi connectivity index (χ3v) is 5.16. The van der Waals surface area contributed by atoms with Crippen LogP contribution in [-0.2, 0) is 0 Å². The van der Waals surface area contributed by atoms with Crippen molar-refractivity contribution in [2.75, 3.05) is 19.0 Å². The molecule has 0 saturated carbocycles. The smallest absolute Gasteiger partial charge is 0.295 e. The van der Waals surface area contributed by atoms with Gasteiger partial charge in [-0.1, -0.05) is 34.1 Å². The van der Waals surface area contributed by atoms with Gasteiger partial charge in [0.15, 0.2) is 5.82 Å². The number of nitrogens with zero attached hydrogens (tertiary/aromatic N) is 3. The summed E-state index contributed by atoms with van der Waals surface area (Å²) in [4.78, 5) is 17.5. The maximum atomic E-state index is 12.9. The number of carbonyl (C=O) groups excluding carboxylic acids is 1. The number of methoxy groups -OCH3 is 1. The molecule has 0 aliphatic heterocycles. The zero-order valence-electron chi connectivity index (χ0n) is 17.6. The van der Waals surface area contributed by atoms with Crippen LogP contribution in [0.2, 0.25) is 0 Å². The second-order valence-electron chi connectivity index (χ2n) is 6.79. The molecule has 1 heterocycles. The first-order chi connectivity index (χ1) is 15.6. The normalized spacial score (nSPS) is 10.6. The number of aromatic nitrogens is 3. The van der Waals surface area contributed by atoms with Gasteiger partial charge >= 0.3 is 0 Å². The second kappa shape index (κ2) is 9.65. The predicted octanol–water partition coefficient (Wildman–Crippen LogP) is 5.36. The Balaban J connectivity index is 1.71. The number of carbonyl (C=O) groups is 1. The monoisotopic (exact) mass is 492 g/mol. The number of nitrogens with one attached hydrogen (secondary N) is 1. The number of halogens is 1. The van der Waals surface area contributed by atoms with E-state index in [9.17, 15) is 4.79 Å². The molecule has 4 rings (SSSR count). The third-order valence-electron chi connectivity index (χ3n) is 4.63. The van der Waals surface area contributed by atoms with Gasteiger partial charge in [0.2, 0.25) is 5.82 Å². The van der Waals surface area contributed by atoms with Crippen molar-refractivity contribution >= 4 is 27.5 Å². The highest BCUT2D eigenvalue weighted by Gasteiger charge is 2.19. The number of hydrogen-bond donors (Lipinski definition) is 1. The van der Waals surface area contributed by atoms with E-state index in [4.69, 9.17) is 9.47 Å². The molecular weight excluding hydrogens is 472 g/mol. The van der Waals surface area contributed by atoms with Crippen LogP contribution in [0.15, 0.2) is 77.3 Å². The van der Waals surface area contributed by atoms with E-state index in [1.54, 1.807) is 36.1 Å². The molecule has 0 atom stereocenters. The summed E-state index contributed by atoms with van der Waals surface area (Å²) in [5.74, 6) is 1.60. The molecule has 0 aliphatic carbocycles. The molecule has 0 spiro atoms. The van der Waals surface area contributed by atoms with Crippen molar-refractivity contribution in [1.82, 2.24) is 14.8 Å². The van der Waals surface area contributed by atoms with Gasteiger partial charge < -0.3 is 14.8 Å². The summed E-state index contributed by atoms with van der Waals surface area (Å²) in [7, 11) is 1.57. The van der Waals surface area contributed by atoms with Gasteiger partial charge in [-0.3, -0.25) is 4.79 Å². The van der Waals surface area contributed by atoms with Gasteiger partial charge in [-0.05, 0) is 55.5 Å². The summed E-state index contributed by atoms with van der Waals surface area (Å²) in [5, 5.41) is 7.33. The summed E-state index contributed by atoms with van der Waals surface area (Å²) >= 11 is 3.45. The average Bonchev–Trinajstić information content (AvgIpc) is 3.26. The van der Waals surface area contributed by atoms with Crippen LogP contribution in [0.25, 0.3) is 17.1 Å². The zero-order valence-corrected chi connectivity index (χ0v) is 19.2. The fourth-order valence-electron chi connectivity index (χ4n) is 3.11. The van der Waals surface area contributed by atoms with E-state index in [2.05, 4.69) is 31.3 Å². The van der Waals surface area contributed by atoms with Gasteiger partial charge in [-0.25, -0.2) is 9.67 Å². The van der Waals surface area contributed by atoms with E-state index in [0.717, 1.165) is 21.5 Å². The van der Waals surface area contributed by atoms with Crippen LogP contribution in [0.3, 0.4) is 0 Å². The Labute approximate surface area is 194 Å². The minimum Gasteiger partial charge on any atom is -0.497 e. The molecule has 0 radical (unpaired) electrons. The lowest BCUT2D eigenvalue weighted by atomic mass is 10.2. The standard InChI is InChI=1S/C24H21BrN4O3/c1-3-32-20-13-11-19(12-14-20)29-23(16-7-9-17(25)10-8-16)27-22(28-29)24(30)26-18-5-4-6-21(15-18)31-2/h4-15H,3H2,1-2H3,(H,26,30). The fourth-order valence-corrected chi connectivity index (χ4v) is 3.38. The Kier molecular flexibility index (Phi) is 6.51. The SMILES string of the molecule is CCOc1ccc(-n2nc(C(=O)Nc3cccc(OC)c3)nc2-c2ccc(Br)cc2)cc1. The van der Waals surface area contributed by atoms with Crippen LogP contribution < -0.4 is 14.8 Å². The van der Waals surface area contributed by atoms with Gasteiger partial charge in [-0.15, -0.1) is 5.10 Å². The van der Waals surface area contributed by atoms with Gasteiger partial charge in [0.25, 0.3) is 5.91 Å². The van der Waals surface area contributed by atoms with Crippen molar-refractivity contribution < 1.29 is 14.3 Å². The number of rotatable bonds is 7. The van der Waals surface area contributed by atoms with Crippen molar-refractivity contribution in [3.63, 3.8) is 0 Å². The molecule has 0 bridgehead atoms. The van der Waals surface area contributed by atoms with Crippen LogP contribution in [0, 0.1) is 0 Å². The Hall–Kier alpha value is -3.65. The highest BCUT2D eigenvalue weighted by atomic mass is 79.9. The lowest BCUT2D eigenvalue weighted by Gasteiger charge is -2.08. The second-order valence-corrected chi connectivity index (χ2v) is 7.71. The summed E-state index contributed by atoms with van der Waals surface area (Å²) < 4.78 is 13.3. The summed E-state index contributed by atoms with van der Waals surface area (Å²) in [6.45, 7) is 2.52. The molecule has 162 valence electrons. The van der Waals surface area contributed by atoms with E-state index in [1.165, 1.54) is 0 Å². The Morgan fingerprint density at radius 2 is 1.78 bits per heavy atom. The van der Waals surface area contributed by atoms with Gasteiger partial charge in [0.1, 0.15) is 11.5 Å². The predicted molar refractivity (Wildman–Crippen MR) is 127 cm³/mol. The number of amides is 1. The topological polar surface area (TPSA) is 78.3 Å². The molecule has 8 heteroatoms. The molecule has 32 heavy (non-hydrogen) atoms. The van der Waals surface area contributed by atoms with Crippen molar-refractivity contribution in [1.29, 1.82) is 0 Å². The van der Waals surface area contributed by atoms with Crippen molar-refractivity contribution in [3.05, 3.63) is 83.1 Å². The van der Waals surface area contributed by atoms with Gasteiger partial charge in [-0.2, -0.15) is 0 Å². The van der Waals surface area contributed by atoms with Crippen molar-refractivity contribution in [3.8, 4) is 28.6 Å². The van der Waals surface area contributed by atoms with E-state index < -0.39 is 5.91 Å². The van der Waals surface area contributed by atoms with Crippen molar-refractivity contribution in [2.24, 2.45) is 0 Å². The maximum absolute atomic E-state index is 12.9. The van der Waals surface area contributed by atoms with Crippen LogP contribution in [0.5, 0.6) is 11.5 Å². The highest BCUT2D eigenvalue weighted by Crippen LogP contribution is 2.25. The lowest BCUT2D eigenvalue weighted by molar-refractivity contribution is 0.101. The van der Waals surface area contributed by atoms with E-state index in [0.29, 0.717) is 23.9 Å². The van der Waals surface area contributed by atoms with E-state index in [-0.39, 0.29) is 5.82 Å². The third kappa shape index (κ3) is 4.81. The maximum Gasteiger partial charge on any atom is 0.295 e. The van der Waals surface area contributed by atoms with Crippen LogP contribution in [0.4, 0.5) is 5.69 Å². The summed E-state index contributed by atoms with van der Waals surface area (Å²) in [6, 6.07) is 22.3. The van der Waals surface area contributed by atoms with Crippen LogP contribution in [-0.4, -0.2) is 34.4 Å². The first-order valence-corrected chi connectivity index (χ1v) is 10.8. The first kappa shape index (κ1) is 21.6. The quantitative estimate of drug-likeness (QED) is 0.375. The van der Waals surface area contributed by atoms with Crippen molar-refractivity contribution in [2.45, 2.75) is 6.92 Å². The Morgan fingerprint density at radius 3 is 2.47 bits per heavy atom. The molecule has 1 N–H and O–H groups in total. The minimum absolute atomic E-state index is 0.0552. The highest BCUT2D eigenvalue weighted by molar-refractivity contribution is 9.10. The Bertz CT molecular complexity index is 1220. The molecule has 0 aliphatic rings. The molecule has 1 aromatic heterocycles. The van der Waals surface area contributed by atoms with Gasteiger partial charge in [0, 0.05) is 21.8 Å². The summed E-state index contributed by atoms with van der Waals surface area (Å²) in [5.41, 5.74) is 2.19. The zero-order chi connectivity index (χ0) is 22.5.